The first kappa shape index (κ1) is 22.8. The van der Waals surface area contributed by atoms with E-state index in [4.69, 9.17) is 21.4 Å². The number of thiocarbonyl (C=S) groups is 1. The fraction of sp³-hybridized carbons (Fsp3) is 0.179. The Kier molecular flexibility index (Phi) is 6.09. The predicted molar refractivity (Wildman–Crippen MR) is 139 cm³/mol. The third kappa shape index (κ3) is 4.31. The van der Waals surface area contributed by atoms with Gasteiger partial charge in [0.15, 0.2) is 5.11 Å². The van der Waals surface area contributed by atoms with Crippen LogP contribution in [-0.2, 0) is 4.74 Å². The van der Waals surface area contributed by atoms with Crippen LogP contribution in [0.4, 0.5) is 5.69 Å². The Hall–Kier alpha value is -3.97. The molecule has 6 nitrogen and oxygen atoms in total. The molecule has 176 valence electrons. The van der Waals surface area contributed by atoms with Gasteiger partial charge in [0.1, 0.15) is 17.6 Å². The van der Waals surface area contributed by atoms with E-state index in [2.05, 4.69) is 47.2 Å². The third-order valence-corrected chi connectivity index (χ3v) is 6.67. The Balaban J connectivity index is 1.58. The van der Waals surface area contributed by atoms with Gasteiger partial charge in [0.25, 0.3) is 0 Å². The molecular formula is C28H25N3O3S. The van der Waals surface area contributed by atoms with Crippen molar-refractivity contribution in [3.05, 3.63) is 107 Å². The molecule has 1 N–H and O–H groups in total. The quantitative estimate of drug-likeness (QED) is 0.279. The molecule has 0 unspecified atom stereocenters. The van der Waals surface area contributed by atoms with E-state index >= 15 is 0 Å². The summed E-state index contributed by atoms with van der Waals surface area (Å²) in [6, 6.07) is 22.8. The second-order valence-corrected chi connectivity index (χ2v) is 8.93. The Morgan fingerprint density at radius 3 is 2.63 bits per heavy atom. The molecule has 1 aliphatic rings. The first-order chi connectivity index (χ1) is 17.0. The van der Waals surface area contributed by atoms with Gasteiger partial charge in [0.05, 0.1) is 24.4 Å². The highest BCUT2D eigenvalue weighted by molar-refractivity contribution is 7.80. The maximum absolute atomic E-state index is 12.0. The minimum atomic E-state index is -0.389. The number of pyridine rings is 1. The van der Waals surface area contributed by atoms with Crippen molar-refractivity contribution in [1.82, 2.24) is 10.3 Å². The minimum absolute atomic E-state index is 0.203. The largest absolute Gasteiger partial charge is 0.465 e. The number of hydrogen-bond donors (Lipinski definition) is 1. The molecule has 0 aliphatic carbocycles. The number of carbonyl (C=O) groups is 1. The molecule has 0 saturated carbocycles. The van der Waals surface area contributed by atoms with Crippen LogP contribution < -0.4 is 10.2 Å². The number of rotatable bonds is 5. The van der Waals surface area contributed by atoms with E-state index in [9.17, 15) is 4.79 Å². The van der Waals surface area contributed by atoms with Crippen LogP contribution in [0.25, 0.3) is 11.3 Å². The number of aromatic nitrogens is 1. The van der Waals surface area contributed by atoms with Crippen molar-refractivity contribution in [3.8, 4) is 11.3 Å². The summed E-state index contributed by atoms with van der Waals surface area (Å²) in [5.41, 5.74) is 5.52. The fourth-order valence-electron chi connectivity index (χ4n) is 4.38. The van der Waals surface area contributed by atoms with Crippen LogP contribution in [-0.4, -0.2) is 23.2 Å². The lowest BCUT2D eigenvalue weighted by molar-refractivity contribution is 0.0601. The van der Waals surface area contributed by atoms with Gasteiger partial charge in [-0.05, 0) is 85.7 Å². The Morgan fingerprint density at radius 1 is 1.03 bits per heavy atom. The SMILES string of the molecule is COC(=O)c1cccc(-c2ccc([C@H]3[C@@H](c4ccccn4)NC(=S)N3c3ccc(C)c(C)c3)o2)c1. The topological polar surface area (TPSA) is 67.6 Å². The summed E-state index contributed by atoms with van der Waals surface area (Å²) < 4.78 is 11.3. The number of nitrogens with one attached hydrogen (secondary N) is 1. The van der Waals surface area contributed by atoms with Gasteiger partial charge in [-0.15, -0.1) is 0 Å². The highest BCUT2D eigenvalue weighted by atomic mass is 32.1. The molecule has 0 spiro atoms. The molecule has 1 fully saturated rings. The summed E-state index contributed by atoms with van der Waals surface area (Å²) in [5, 5.41) is 4.07. The predicted octanol–water partition coefficient (Wildman–Crippen LogP) is 5.92. The lowest BCUT2D eigenvalue weighted by Gasteiger charge is -2.26. The third-order valence-electron chi connectivity index (χ3n) is 6.35. The summed E-state index contributed by atoms with van der Waals surface area (Å²) >= 11 is 5.81. The van der Waals surface area contributed by atoms with Gasteiger partial charge in [-0.2, -0.15) is 0 Å². The van der Waals surface area contributed by atoms with E-state index in [-0.39, 0.29) is 18.1 Å². The van der Waals surface area contributed by atoms with Crippen molar-refractivity contribution in [2.45, 2.75) is 25.9 Å². The molecular weight excluding hydrogens is 458 g/mol. The zero-order valence-electron chi connectivity index (χ0n) is 19.7. The zero-order chi connectivity index (χ0) is 24.5. The number of nitrogens with zero attached hydrogens (tertiary/aromatic N) is 2. The normalized spacial score (nSPS) is 17.3. The van der Waals surface area contributed by atoms with Crippen LogP contribution in [0.15, 0.2) is 83.4 Å². The molecule has 0 bridgehead atoms. The number of ether oxygens (including phenoxy) is 1. The zero-order valence-corrected chi connectivity index (χ0v) is 20.5. The highest BCUT2D eigenvalue weighted by Gasteiger charge is 2.42. The Morgan fingerprint density at radius 2 is 1.89 bits per heavy atom. The molecule has 4 aromatic rings. The second kappa shape index (κ2) is 9.35. The maximum atomic E-state index is 12.0. The maximum Gasteiger partial charge on any atom is 0.337 e. The number of anilines is 1. The highest BCUT2D eigenvalue weighted by Crippen LogP contribution is 2.43. The average Bonchev–Trinajstić information content (AvgIpc) is 3.50. The van der Waals surface area contributed by atoms with Gasteiger partial charge in [0.2, 0.25) is 0 Å². The number of aryl methyl sites for hydroxylation is 2. The van der Waals surface area contributed by atoms with Crippen molar-refractivity contribution in [3.63, 3.8) is 0 Å². The minimum Gasteiger partial charge on any atom is -0.465 e. The van der Waals surface area contributed by atoms with Crippen LogP contribution in [0, 0.1) is 13.8 Å². The molecule has 35 heavy (non-hydrogen) atoms. The van der Waals surface area contributed by atoms with E-state index in [1.165, 1.54) is 18.2 Å². The van der Waals surface area contributed by atoms with Crippen LogP contribution in [0.3, 0.4) is 0 Å². The van der Waals surface area contributed by atoms with E-state index in [0.717, 1.165) is 22.7 Å². The van der Waals surface area contributed by atoms with Crippen LogP contribution >= 0.6 is 12.2 Å². The van der Waals surface area contributed by atoms with Gasteiger partial charge < -0.3 is 19.4 Å². The van der Waals surface area contributed by atoms with E-state index in [1.807, 2.05) is 42.5 Å². The van der Waals surface area contributed by atoms with Crippen molar-refractivity contribution >= 4 is 29.0 Å². The van der Waals surface area contributed by atoms with Gasteiger partial charge in [-0.25, -0.2) is 4.79 Å². The van der Waals surface area contributed by atoms with E-state index in [0.29, 0.717) is 16.4 Å². The summed E-state index contributed by atoms with van der Waals surface area (Å²) in [5.74, 6) is 1.01. The van der Waals surface area contributed by atoms with E-state index < -0.39 is 0 Å². The van der Waals surface area contributed by atoms with Crippen molar-refractivity contribution in [1.29, 1.82) is 0 Å². The van der Waals surface area contributed by atoms with Crippen LogP contribution in [0.5, 0.6) is 0 Å². The first-order valence-electron chi connectivity index (χ1n) is 11.3. The van der Waals surface area contributed by atoms with Gasteiger partial charge in [0, 0.05) is 17.4 Å². The molecule has 7 heteroatoms. The molecule has 0 amide bonds. The number of methoxy groups -OCH3 is 1. The van der Waals surface area contributed by atoms with E-state index in [1.54, 1.807) is 18.3 Å². The summed E-state index contributed by atoms with van der Waals surface area (Å²) in [6.07, 6.45) is 1.78. The molecule has 1 aliphatic heterocycles. The molecule has 3 heterocycles. The smallest absolute Gasteiger partial charge is 0.337 e. The summed E-state index contributed by atoms with van der Waals surface area (Å²) in [7, 11) is 1.37. The summed E-state index contributed by atoms with van der Waals surface area (Å²) in [6.45, 7) is 4.19. The molecule has 5 rings (SSSR count). The fourth-order valence-corrected chi connectivity index (χ4v) is 4.73. The number of esters is 1. The standard InChI is InChI=1S/C28H25N3O3S/c1-17-10-11-21(15-18(17)2)31-26(25(30-28(31)35)22-9-4-5-14-29-22)24-13-12-23(34-24)19-7-6-8-20(16-19)27(32)33-3/h4-16,25-26H,1-3H3,(H,30,35)/t25-,26+/m1/s1. The number of hydrogen-bond acceptors (Lipinski definition) is 5. The molecule has 2 atom stereocenters. The summed E-state index contributed by atoms with van der Waals surface area (Å²) in [4.78, 5) is 18.7. The molecule has 2 aromatic heterocycles. The lowest BCUT2D eigenvalue weighted by Crippen LogP contribution is -2.29. The van der Waals surface area contributed by atoms with Gasteiger partial charge in [-0.1, -0.05) is 24.3 Å². The number of benzene rings is 2. The monoisotopic (exact) mass is 483 g/mol. The number of carbonyl (C=O) groups excluding carboxylic acids is 1. The van der Waals surface area contributed by atoms with Crippen molar-refractivity contribution in [2.24, 2.45) is 0 Å². The second-order valence-electron chi connectivity index (χ2n) is 8.54. The van der Waals surface area contributed by atoms with Crippen LogP contribution in [0.1, 0.15) is 45.0 Å². The Bertz CT molecular complexity index is 1400. The van der Waals surface area contributed by atoms with Crippen LogP contribution in [0.2, 0.25) is 0 Å². The van der Waals surface area contributed by atoms with Crippen molar-refractivity contribution < 1.29 is 13.9 Å². The number of furan rings is 1. The lowest BCUT2D eigenvalue weighted by atomic mass is 10.0. The van der Waals surface area contributed by atoms with Crippen molar-refractivity contribution in [2.75, 3.05) is 12.0 Å². The molecule has 2 aromatic carbocycles. The molecule has 1 saturated heterocycles. The molecule has 0 radical (unpaired) electrons. The average molecular weight is 484 g/mol. The Labute approximate surface area is 209 Å². The van der Waals surface area contributed by atoms with Gasteiger partial charge >= 0.3 is 5.97 Å². The van der Waals surface area contributed by atoms with Gasteiger partial charge in [-0.3, -0.25) is 4.98 Å². The first-order valence-corrected chi connectivity index (χ1v) is 11.7.